The van der Waals surface area contributed by atoms with E-state index in [9.17, 15) is 13.2 Å². The SMILES string of the molecule is CSCC[C@H]1CC[C@@H](C=O)N1S(=O)(=O)c1ccc(C)cc1. The minimum atomic E-state index is -3.60. The van der Waals surface area contributed by atoms with Crippen LogP contribution in [0.2, 0.25) is 0 Å². The summed E-state index contributed by atoms with van der Waals surface area (Å²) < 4.78 is 27.1. The van der Waals surface area contributed by atoms with Gasteiger partial charge in [0.1, 0.15) is 6.29 Å². The Bertz CT molecular complexity index is 583. The van der Waals surface area contributed by atoms with Gasteiger partial charge in [-0.25, -0.2) is 8.42 Å². The molecule has 116 valence electrons. The Hall–Kier alpha value is -0.850. The van der Waals surface area contributed by atoms with Crippen LogP contribution in [-0.4, -0.2) is 43.1 Å². The standard InChI is InChI=1S/C15H21NO3S2/c1-12-3-7-15(8-4-12)21(18,19)16-13(9-10-20-2)5-6-14(16)11-17/h3-4,7-8,11,13-14H,5-6,9-10H2,1-2H3/t13-,14+/m1/s1. The molecule has 1 aromatic rings. The smallest absolute Gasteiger partial charge is 0.243 e. The van der Waals surface area contributed by atoms with Crippen molar-refractivity contribution in [2.24, 2.45) is 0 Å². The van der Waals surface area contributed by atoms with Crippen LogP contribution < -0.4 is 0 Å². The van der Waals surface area contributed by atoms with Gasteiger partial charge in [-0.2, -0.15) is 16.1 Å². The van der Waals surface area contributed by atoms with E-state index in [4.69, 9.17) is 0 Å². The lowest BCUT2D eigenvalue weighted by Gasteiger charge is -2.27. The van der Waals surface area contributed by atoms with Gasteiger partial charge in [0.15, 0.2) is 0 Å². The van der Waals surface area contributed by atoms with Crippen molar-refractivity contribution in [3.63, 3.8) is 0 Å². The maximum Gasteiger partial charge on any atom is 0.243 e. The topological polar surface area (TPSA) is 54.5 Å². The van der Waals surface area contributed by atoms with Crippen LogP contribution in [-0.2, 0) is 14.8 Å². The highest BCUT2D eigenvalue weighted by atomic mass is 32.2. The van der Waals surface area contributed by atoms with Crippen LogP contribution in [0.4, 0.5) is 0 Å². The molecule has 1 heterocycles. The van der Waals surface area contributed by atoms with E-state index in [1.807, 2.05) is 13.2 Å². The fourth-order valence-corrected chi connectivity index (χ4v) is 5.09. The number of hydrogen-bond donors (Lipinski definition) is 0. The van der Waals surface area contributed by atoms with Crippen molar-refractivity contribution in [1.29, 1.82) is 0 Å². The van der Waals surface area contributed by atoms with E-state index < -0.39 is 16.1 Å². The Labute approximate surface area is 131 Å². The Morgan fingerprint density at radius 2 is 1.95 bits per heavy atom. The molecule has 6 heteroatoms. The zero-order valence-corrected chi connectivity index (χ0v) is 14.0. The lowest BCUT2D eigenvalue weighted by atomic mass is 10.2. The molecule has 0 amide bonds. The van der Waals surface area contributed by atoms with Crippen molar-refractivity contribution < 1.29 is 13.2 Å². The summed E-state index contributed by atoms with van der Waals surface area (Å²) in [4.78, 5) is 11.5. The van der Waals surface area contributed by atoms with Crippen molar-refractivity contribution in [3.8, 4) is 0 Å². The normalized spacial score (nSPS) is 23.3. The molecule has 0 N–H and O–H groups in total. The third-order valence-corrected chi connectivity index (χ3v) is 6.53. The summed E-state index contributed by atoms with van der Waals surface area (Å²) in [6, 6.07) is 6.22. The van der Waals surface area contributed by atoms with Gasteiger partial charge in [-0.05, 0) is 50.3 Å². The summed E-state index contributed by atoms with van der Waals surface area (Å²) >= 11 is 1.70. The van der Waals surface area contributed by atoms with Crippen molar-refractivity contribution in [1.82, 2.24) is 4.31 Å². The number of benzene rings is 1. The molecule has 0 aliphatic carbocycles. The van der Waals surface area contributed by atoms with E-state index in [1.165, 1.54) is 4.31 Å². The second kappa shape index (κ2) is 6.94. The molecular formula is C15H21NO3S2. The van der Waals surface area contributed by atoms with Gasteiger partial charge < -0.3 is 4.79 Å². The lowest BCUT2D eigenvalue weighted by Crippen LogP contribution is -2.42. The Morgan fingerprint density at radius 3 is 2.52 bits per heavy atom. The van der Waals surface area contributed by atoms with E-state index >= 15 is 0 Å². The van der Waals surface area contributed by atoms with E-state index in [0.29, 0.717) is 6.42 Å². The molecule has 1 fully saturated rings. The second-order valence-corrected chi connectivity index (χ2v) is 8.19. The molecule has 0 spiro atoms. The minimum Gasteiger partial charge on any atom is -0.302 e. The predicted molar refractivity (Wildman–Crippen MR) is 86.1 cm³/mol. The van der Waals surface area contributed by atoms with Crippen LogP contribution in [0.15, 0.2) is 29.2 Å². The molecule has 0 bridgehead atoms. The molecule has 1 aliphatic rings. The van der Waals surface area contributed by atoms with E-state index in [2.05, 4.69) is 0 Å². The van der Waals surface area contributed by atoms with Crippen molar-refractivity contribution in [3.05, 3.63) is 29.8 Å². The van der Waals surface area contributed by atoms with Crippen molar-refractivity contribution >= 4 is 28.1 Å². The third-order valence-electron chi connectivity index (χ3n) is 3.89. The predicted octanol–water partition coefficient (Wildman–Crippen LogP) is 2.47. The number of aryl methyl sites for hydroxylation is 1. The first-order valence-corrected chi connectivity index (χ1v) is 9.88. The molecule has 1 aromatic carbocycles. The molecule has 21 heavy (non-hydrogen) atoms. The number of carbonyl (C=O) groups is 1. The zero-order valence-electron chi connectivity index (χ0n) is 12.4. The highest BCUT2D eigenvalue weighted by molar-refractivity contribution is 7.98. The Kier molecular flexibility index (Phi) is 5.46. The summed E-state index contributed by atoms with van der Waals surface area (Å²) in [5.74, 6) is 0.899. The Morgan fingerprint density at radius 1 is 1.29 bits per heavy atom. The fourth-order valence-electron chi connectivity index (χ4n) is 2.75. The maximum atomic E-state index is 12.8. The summed E-state index contributed by atoms with van der Waals surface area (Å²) in [5.41, 5.74) is 1.02. The average Bonchev–Trinajstić information content (AvgIpc) is 2.89. The van der Waals surface area contributed by atoms with Crippen LogP contribution in [0.1, 0.15) is 24.8 Å². The summed E-state index contributed by atoms with van der Waals surface area (Å²) in [6.07, 6.45) is 4.94. The van der Waals surface area contributed by atoms with Gasteiger partial charge in [-0.15, -0.1) is 0 Å². The molecule has 1 saturated heterocycles. The third kappa shape index (κ3) is 3.49. The number of sulfonamides is 1. The zero-order chi connectivity index (χ0) is 15.5. The molecule has 2 atom stereocenters. The van der Waals surface area contributed by atoms with Crippen LogP contribution in [0, 0.1) is 6.92 Å². The van der Waals surface area contributed by atoms with Crippen molar-refractivity contribution in [2.75, 3.05) is 12.0 Å². The van der Waals surface area contributed by atoms with Gasteiger partial charge in [0.25, 0.3) is 0 Å². The van der Waals surface area contributed by atoms with Gasteiger partial charge >= 0.3 is 0 Å². The number of aldehydes is 1. The van der Waals surface area contributed by atoms with Crippen LogP contribution in [0.25, 0.3) is 0 Å². The number of carbonyl (C=O) groups excluding carboxylic acids is 1. The lowest BCUT2D eigenvalue weighted by molar-refractivity contribution is -0.110. The van der Waals surface area contributed by atoms with Gasteiger partial charge in [-0.3, -0.25) is 0 Å². The summed E-state index contributed by atoms with van der Waals surface area (Å²) in [6.45, 7) is 1.92. The fraction of sp³-hybridized carbons (Fsp3) is 0.533. The monoisotopic (exact) mass is 327 g/mol. The minimum absolute atomic E-state index is 0.0704. The van der Waals surface area contributed by atoms with Crippen LogP contribution in [0.5, 0.6) is 0 Å². The van der Waals surface area contributed by atoms with Crippen LogP contribution >= 0.6 is 11.8 Å². The summed E-state index contributed by atoms with van der Waals surface area (Å²) in [7, 11) is -3.60. The molecule has 1 aliphatic heterocycles. The van der Waals surface area contributed by atoms with E-state index in [-0.39, 0.29) is 10.9 Å². The van der Waals surface area contributed by atoms with Gasteiger partial charge in [0, 0.05) is 6.04 Å². The molecule has 4 nitrogen and oxygen atoms in total. The largest absolute Gasteiger partial charge is 0.302 e. The number of thioether (sulfide) groups is 1. The number of nitrogens with zero attached hydrogens (tertiary/aromatic N) is 1. The molecule has 0 unspecified atom stereocenters. The van der Waals surface area contributed by atoms with Gasteiger partial charge in [0.05, 0.1) is 10.9 Å². The molecule has 0 aromatic heterocycles. The first kappa shape index (κ1) is 16.5. The first-order valence-electron chi connectivity index (χ1n) is 7.05. The van der Waals surface area contributed by atoms with Crippen LogP contribution in [0.3, 0.4) is 0 Å². The van der Waals surface area contributed by atoms with E-state index in [0.717, 1.165) is 30.4 Å². The Balaban J connectivity index is 2.33. The maximum absolute atomic E-state index is 12.8. The van der Waals surface area contributed by atoms with E-state index in [1.54, 1.807) is 36.0 Å². The first-order chi connectivity index (χ1) is 10.0. The second-order valence-electron chi connectivity index (χ2n) is 5.36. The van der Waals surface area contributed by atoms with Crippen molar-refractivity contribution in [2.45, 2.75) is 43.2 Å². The molecule has 0 radical (unpaired) electrons. The molecule has 0 saturated carbocycles. The number of hydrogen-bond acceptors (Lipinski definition) is 4. The van der Waals surface area contributed by atoms with Gasteiger partial charge in [0.2, 0.25) is 10.0 Å². The number of rotatable bonds is 6. The highest BCUT2D eigenvalue weighted by Crippen LogP contribution is 2.32. The molecular weight excluding hydrogens is 306 g/mol. The average molecular weight is 327 g/mol. The van der Waals surface area contributed by atoms with Gasteiger partial charge in [-0.1, -0.05) is 17.7 Å². The highest BCUT2D eigenvalue weighted by Gasteiger charge is 2.41. The molecule has 2 rings (SSSR count). The summed E-state index contributed by atoms with van der Waals surface area (Å²) in [5, 5.41) is 0. The quantitative estimate of drug-likeness (QED) is 0.753.